The molecular formula is C18H21N3O2. The maximum absolute atomic E-state index is 12.5. The minimum Gasteiger partial charge on any atom is -0.364 e. The molecule has 3 heterocycles. The fourth-order valence-electron chi connectivity index (χ4n) is 4.58. The molecule has 23 heavy (non-hydrogen) atoms. The third-order valence-electron chi connectivity index (χ3n) is 5.96. The van der Waals surface area contributed by atoms with Crippen molar-refractivity contribution in [3.63, 3.8) is 0 Å². The number of nitrogens with zero attached hydrogens (tertiary/aromatic N) is 1. The first-order valence-electron chi connectivity index (χ1n) is 8.01. The van der Waals surface area contributed by atoms with Crippen molar-refractivity contribution in [1.82, 2.24) is 10.2 Å². The van der Waals surface area contributed by atoms with Crippen LogP contribution in [0.1, 0.15) is 25.8 Å². The largest absolute Gasteiger partial charge is 0.364 e. The van der Waals surface area contributed by atoms with Crippen LogP contribution >= 0.6 is 0 Å². The van der Waals surface area contributed by atoms with E-state index in [-0.39, 0.29) is 35.4 Å². The molecule has 5 heteroatoms. The molecule has 0 bridgehead atoms. The van der Waals surface area contributed by atoms with Gasteiger partial charge < -0.3 is 15.5 Å². The van der Waals surface area contributed by atoms with Crippen LogP contribution in [0.5, 0.6) is 0 Å². The summed E-state index contributed by atoms with van der Waals surface area (Å²) >= 11 is 0. The van der Waals surface area contributed by atoms with Gasteiger partial charge in [-0.15, -0.1) is 6.58 Å². The number of hydrogen-bond acceptors (Lipinski definition) is 3. The van der Waals surface area contributed by atoms with Crippen molar-refractivity contribution in [3.8, 4) is 0 Å². The fourth-order valence-corrected chi connectivity index (χ4v) is 4.58. The van der Waals surface area contributed by atoms with Gasteiger partial charge >= 0.3 is 0 Å². The number of carbonyl (C=O) groups is 2. The summed E-state index contributed by atoms with van der Waals surface area (Å²) in [5.41, 5.74) is 1.59. The van der Waals surface area contributed by atoms with Gasteiger partial charge in [0.15, 0.2) is 0 Å². The quantitative estimate of drug-likeness (QED) is 0.816. The second-order valence-corrected chi connectivity index (χ2v) is 7.23. The van der Waals surface area contributed by atoms with E-state index < -0.39 is 6.04 Å². The van der Waals surface area contributed by atoms with Crippen LogP contribution in [-0.2, 0) is 15.0 Å². The molecular weight excluding hydrogens is 290 g/mol. The highest BCUT2D eigenvalue weighted by molar-refractivity contribution is 5.96. The van der Waals surface area contributed by atoms with Gasteiger partial charge in [-0.05, 0) is 23.5 Å². The van der Waals surface area contributed by atoms with Crippen LogP contribution in [0.2, 0.25) is 0 Å². The molecule has 0 aliphatic carbocycles. The van der Waals surface area contributed by atoms with E-state index in [0.29, 0.717) is 6.42 Å². The molecule has 1 aromatic carbocycles. The predicted molar refractivity (Wildman–Crippen MR) is 87.8 cm³/mol. The van der Waals surface area contributed by atoms with Crippen LogP contribution in [0, 0.1) is 5.41 Å². The Labute approximate surface area is 135 Å². The van der Waals surface area contributed by atoms with Crippen molar-refractivity contribution in [2.24, 2.45) is 5.41 Å². The molecule has 3 aliphatic rings. The summed E-state index contributed by atoms with van der Waals surface area (Å²) in [5, 5.41) is 6.22. The lowest BCUT2D eigenvalue weighted by molar-refractivity contribution is -0.144. The first-order chi connectivity index (χ1) is 10.9. The molecule has 3 atom stereocenters. The zero-order valence-electron chi connectivity index (χ0n) is 13.4. The van der Waals surface area contributed by atoms with Crippen molar-refractivity contribution >= 4 is 17.5 Å². The Bertz CT molecular complexity index is 727. The Hall–Kier alpha value is -2.30. The van der Waals surface area contributed by atoms with E-state index in [9.17, 15) is 9.59 Å². The smallest absolute Gasteiger partial charge is 0.244 e. The molecule has 0 radical (unpaired) electrons. The predicted octanol–water partition coefficient (Wildman–Crippen LogP) is 1.62. The number of fused-ring (bicyclic) bond motifs is 5. The Morgan fingerprint density at radius 1 is 1.35 bits per heavy atom. The normalized spacial score (nSPS) is 31.8. The molecule has 0 saturated carbocycles. The molecule has 4 rings (SSSR count). The first-order valence-corrected chi connectivity index (χ1v) is 8.01. The number of piperazine rings is 1. The number of hydrogen-bond donors (Lipinski definition) is 2. The summed E-state index contributed by atoms with van der Waals surface area (Å²) < 4.78 is 0. The molecule has 0 spiro atoms. The van der Waals surface area contributed by atoms with E-state index in [4.69, 9.17) is 0 Å². The molecule has 1 aromatic rings. The van der Waals surface area contributed by atoms with Crippen LogP contribution in [-0.4, -0.2) is 35.5 Å². The number of carbonyl (C=O) groups excluding carboxylic acids is 2. The molecule has 2 saturated heterocycles. The molecule has 5 nitrogen and oxygen atoms in total. The van der Waals surface area contributed by atoms with Gasteiger partial charge in [0.2, 0.25) is 11.8 Å². The maximum atomic E-state index is 12.5. The number of allylic oxidation sites excluding steroid dienone is 1. The third kappa shape index (κ3) is 1.57. The summed E-state index contributed by atoms with van der Waals surface area (Å²) in [6.45, 7) is 8.38. The van der Waals surface area contributed by atoms with Crippen molar-refractivity contribution in [3.05, 3.63) is 42.5 Å². The van der Waals surface area contributed by atoms with Crippen molar-refractivity contribution in [2.45, 2.75) is 37.9 Å². The second-order valence-electron chi connectivity index (χ2n) is 7.23. The maximum Gasteiger partial charge on any atom is 0.244 e. The van der Waals surface area contributed by atoms with E-state index in [2.05, 4.69) is 37.1 Å². The van der Waals surface area contributed by atoms with Crippen molar-refractivity contribution < 1.29 is 9.59 Å². The SMILES string of the molecule is C=CC(C)(C)[C@]12C[C@H]3C(=O)NCC(=O)N3[C@H]1Nc1ccccc12. The van der Waals surface area contributed by atoms with E-state index in [0.717, 1.165) is 5.69 Å². The highest BCUT2D eigenvalue weighted by Gasteiger charge is 2.66. The second kappa shape index (κ2) is 4.37. The topological polar surface area (TPSA) is 61.4 Å². The number of benzene rings is 1. The number of anilines is 1. The van der Waals surface area contributed by atoms with E-state index >= 15 is 0 Å². The number of amides is 2. The molecule has 2 N–H and O–H groups in total. The Morgan fingerprint density at radius 2 is 2.09 bits per heavy atom. The Kier molecular flexibility index (Phi) is 2.72. The minimum atomic E-state index is -0.415. The molecule has 120 valence electrons. The summed E-state index contributed by atoms with van der Waals surface area (Å²) in [6.07, 6.45) is 2.35. The van der Waals surface area contributed by atoms with E-state index in [1.165, 1.54) is 5.56 Å². The lowest BCUT2D eigenvalue weighted by Gasteiger charge is -2.43. The standard InChI is InChI=1S/C18H21N3O2/c1-4-17(2,3)18-9-13-15(23)19-10-14(22)21(13)16(18)20-12-8-6-5-7-11(12)18/h4-8,13,16,20H,1,9-10H2,2-3H3,(H,19,23)/t13-,16+,18-/m0/s1. The molecule has 0 unspecified atom stereocenters. The average molecular weight is 311 g/mol. The highest BCUT2D eigenvalue weighted by Crippen LogP contribution is 2.60. The number of para-hydroxylation sites is 1. The Balaban J connectivity index is 1.95. The van der Waals surface area contributed by atoms with Crippen molar-refractivity contribution in [2.75, 3.05) is 11.9 Å². The minimum absolute atomic E-state index is 0.0263. The zero-order valence-corrected chi connectivity index (χ0v) is 13.4. The van der Waals surface area contributed by atoms with Gasteiger partial charge in [-0.1, -0.05) is 38.1 Å². The summed E-state index contributed by atoms with van der Waals surface area (Å²) in [5.74, 6) is -0.0841. The molecule has 2 amide bonds. The van der Waals surface area contributed by atoms with Crippen LogP contribution in [0.25, 0.3) is 0 Å². The van der Waals surface area contributed by atoms with Crippen LogP contribution in [0.15, 0.2) is 36.9 Å². The third-order valence-corrected chi connectivity index (χ3v) is 5.96. The van der Waals surface area contributed by atoms with Gasteiger partial charge in [0.25, 0.3) is 0 Å². The zero-order chi connectivity index (χ0) is 16.4. The van der Waals surface area contributed by atoms with Crippen LogP contribution in [0.4, 0.5) is 5.69 Å². The van der Waals surface area contributed by atoms with Crippen molar-refractivity contribution in [1.29, 1.82) is 0 Å². The van der Waals surface area contributed by atoms with E-state index in [1.54, 1.807) is 4.90 Å². The fraction of sp³-hybridized carbons (Fsp3) is 0.444. The highest BCUT2D eigenvalue weighted by atomic mass is 16.2. The summed E-state index contributed by atoms with van der Waals surface area (Å²) in [7, 11) is 0. The van der Waals surface area contributed by atoms with Crippen LogP contribution in [0.3, 0.4) is 0 Å². The number of nitrogens with one attached hydrogen (secondary N) is 2. The molecule has 0 aromatic heterocycles. The van der Waals surface area contributed by atoms with Gasteiger partial charge in [-0.2, -0.15) is 0 Å². The molecule has 3 aliphatic heterocycles. The van der Waals surface area contributed by atoms with Crippen LogP contribution < -0.4 is 10.6 Å². The average Bonchev–Trinajstić information content (AvgIpc) is 3.04. The van der Waals surface area contributed by atoms with Gasteiger partial charge in [0.05, 0.1) is 6.54 Å². The monoisotopic (exact) mass is 311 g/mol. The van der Waals surface area contributed by atoms with Gasteiger partial charge in [0, 0.05) is 11.1 Å². The lowest BCUT2D eigenvalue weighted by Crippen LogP contribution is -2.60. The summed E-state index contributed by atoms with van der Waals surface area (Å²) in [4.78, 5) is 26.6. The summed E-state index contributed by atoms with van der Waals surface area (Å²) in [6, 6.07) is 7.74. The molecule has 2 fully saturated rings. The van der Waals surface area contributed by atoms with Gasteiger partial charge in [-0.3, -0.25) is 9.59 Å². The Morgan fingerprint density at radius 3 is 2.83 bits per heavy atom. The van der Waals surface area contributed by atoms with Gasteiger partial charge in [-0.25, -0.2) is 0 Å². The number of rotatable bonds is 2. The lowest BCUT2D eigenvalue weighted by atomic mass is 9.60. The first kappa shape index (κ1) is 14.3. The van der Waals surface area contributed by atoms with E-state index in [1.807, 2.05) is 24.3 Å². The van der Waals surface area contributed by atoms with Gasteiger partial charge in [0.1, 0.15) is 12.2 Å².